The second-order valence-corrected chi connectivity index (χ2v) is 7.78. The maximum atomic E-state index is 12.6. The van der Waals surface area contributed by atoms with Gasteiger partial charge in [0.05, 0.1) is 11.4 Å². The molecule has 0 aliphatic carbocycles. The summed E-state index contributed by atoms with van der Waals surface area (Å²) in [7, 11) is 1.91. The number of nitrogens with zero attached hydrogens (tertiary/aromatic N) is 4. The summed E-state index contributed by atoms with van der Waals surface area (Å²) in [4.78, 5) is 15.1. The van der Waals surface area contributed by atoms with E-state index in [9.17, 15) is 4.79 Å². The smallest absolute Gasteiger partial charge is 0.269 e. The summed E-state index contributed by atoms with van der Waals surface area (Å²) < 4.78 is 1.84. The van der Waals surface area contributed by atoms with Gasteiger partial charge in [0.1, 0.15) is 5.69 Å². The van der Waals surface area contributed by atoms with Gasteiger partial charge in [-0.2, -0.15) is 10.2 Å². The van der Waals surface area contributed by atoms with Crippen LogP contribution >= 0.6 is 0 Å². The van der Waals surface area contributed by atoms with Gasteiger partial charge in [0.15, 0.2) is 0 Å². The van der Waals surface area contributed by atoms with Gasteiger partial charge in [-0.05, 0) is 38.7 Å². The zero-order valence-corrected chi connectivity index (χ0v) is 16.5. The highest BCUT2D eigenvalue weighted by molar-refractivity contribution is 5.93. The number of aromatic amines is 1. The van der Waals surface area contributed by atoms with E-state index in [0.717, 1.165) is 55.1 Å². The third kappa shape index (κ3) is 3.98. The topological polar surface area (TPSA) is 78.8 Å². The normalized spacial score (nSPS) is 16.4. The first-order chi connectivity index (χ1) is 12.3. The van der Waals surface area contributed by atoms with E-state index in [1.165, 1.54) is 0 Å². The van der Waals surface area contributed by atoms with E-state index in [0.29, 0.717) is 11.6 Å². The van der Waals surface area contributed by atoms with Gasteiger partial charge in [-0.15, -0.1) is 0 Å². The van der Waals surface area contributed by atoms with E-state index < -0.39 is 0 Å². The lowest BCUT2D eigenvalue weighted by Gasteiger charge is -2.33. The Hall–Kier alpha value is -2.15. The van der Waals surface area contributed by atoms with Gasteiger partial charge >= 0.3 is 0 Å². The summed E-state index contributed by atoms with van der Waals surface area (Å²) in [6.07, 6.45) is 2.00. The van der Waals surface area contributed by atoms with Crippen molar-refractivity contribution in [2.24, 2.45) is 13.0 Å². The quantitative estimate of drug-likeness (QED) is 0.859. The molecule has 0 unspecified atom stereocenters. The van der Waals surface area contributed by atoms with Crippen LogP contribution in [-0.4, -0.2) is 56.5 Å². The Morgan fingerprint density at radius 2 is 2.04 bits per heavy atom. The number of amides is 1. The maximum Gasteiger partial charge on any atom is 0.269 e. The molecule has 0 radical (unpaired) electrons. The number of piperidine rings is 1. The number of likely N-dealkylation sites (tertiary alicyclic amines) is 1. The molecule has 3 rings (SSSR count). The molecule has 1 amide bonds. The number of aryl methyl sites for hydroxylation is 2. The van der Waals surface area contributed by atoms with E-state index >= 15 is 0 Å². The van der Waals surface area contributed by atoms with E-state index in [1.54, 1.807) is 0 Å². The van der Waals surface area contributed by atoms with Crippen LogP contribution < -0.4 is 5.32 Å². The Morgan fingerprint density at radius 3 is 2.62 bits per heavy atom. The molecule has 1 fully saturated rings. The van der Waals surface area contributed by atoms with Crippen LogP contribution in [0.4, 0.5) is 0 Å². The fourth-order valence-corrected chi connectivity index (χ4v) is 3.75. The number of nitrogens with one attached hydrogen (secondary N) is 2. The number of rotatable bonds is 5. The minimum absolute atomic E-state index is 0.0785. The highest BCUT2D eigenvalue weighted by Gasteiger charge is 2.23. The summed E-state index contributed by atoms with van der Waals surface area (Å²) in [6.45, 7) is 11.7. The average molecular weight is 358 g/mol. The standard InChI is InChI=1S/C19H30N6O/c1-12(2)11-25-8-6-15(7-9-25)20-19(26)17-10-16(21-22-17)18-13(3)23-24(5)14(18)4/h10,12,15H,6-9,11H2,1-5H3,(H,20,26)(H,21,22). The Bertz CT molecular complexity index is 767. The van der Waals surface area contributed by atoms with Crippen LogP contribution in [0, 0.1) is 19.8 Å². The lowest BCUT2D eigenvalue weighted by molar-refractivity contribution is 0.0902. The summed E-state index contributed by atoms with van der Waals surface area (Å²) in [5, 5.41) is 14.8. The van der Waals surface area contributed by atoms with Crippen molar-refractivity contribution in [3.63, 3.8) is 0 Å². The number of hydrogen-bond donors (Lipinski definition) is 2. The second kappa shape index (κ2) is 7.61. The first-order valence-electron chi connectivity index (χ1n) is 9.44. The fourth-order valence-electron chi connectivity index (χ4n) is 3.75. The number of aromatic nitrogens is 4. The van der Waals surface area contributed by atoms with E-state index in [2.05, 4.69) is 39.4 Å². The summed E-state index contributed by atoms with van der Waals surface area (Å²) in [6, 6.07) is 2.06. The van der Waals surface area contributed by atoms with E-state index in [1.807, 2.05) is 31.6 Å². The van der Waals surface area contributed by atoms with Crippen molar-refractivity contribution in [1.82, 2.24) is 30.2 Å². The van der Waals surface area contributed by atoms with Gasteiger partial charge in [0.2, 0.25) is 0 Å². The monoisotopic (exact) mass is 358 g/mol. The molecule has 0 atom stereocenters. The molecule has 2 aromatic rings. The molecule has 0 aromatic carbocycles. The predicted octanol–water partition coefficient (Wildman–Crippen LogP) is 2.28. The van der Waals surface area contributed by atoms with Crippen LogP contribution in [0.1, 0.15) is 48.6 Å². The van der Waals surface area contributed by atoms with Gasteiger partial charge in [0, 0.05) is 44.0 Å². The van der Waals surface area contributed by atoms with Crippen LogP contribution in [0.5, 0.6) is 0 Å². The van der Waals surface area contributed by atoms with Crippen molar-refractivity contribution in [3.05, 3.63) is 23.1 Å². The van der Waals surface area contributed by atoms with Crippen molar-refractivity contribution in [2.75, 3.05) is 19.6 Å². The highest BCUT2D eigenvalue weighted by Crippen LogP contribution is 2.25. The van der Waals surface area contributed by atoms with E-state index in [-0.39, 0.29) is 11.9 Å². The van der Waals surface area contributed by atoms with Gasteiger partial charge < -0.3 is 10.2 Å². The van der Waals surface area contributed by atoms with Crippen LogP contribution in [0.25, 0.3) is 11.3 Å². The molecule has 1 saturated heterocycles. The first-order valence-corrected chi connectivity index (χ1v) is 9.44. The minimum Gasteiger partial charge on any atom is -0.348 e. The zero-order chi connectivity index (χ0) is 18.8. The molecule has 7 nitrogen and oxygen atoms in total. The molecular formula is C19H30N6O. The third-order valence-electron chi connectivity index (χ3n) is 5.13. The Kier molecular flexibility index (Phi) is 5.46. The number of hydrogen-bond acceptors (Lipinski definition) is 4. The number of carbonyl (C=O) groups is 1. The summed E-state index contributed by atoms with van der Waals surface area (Å²) >= 11 is 0. The van der Waals surface area contributed by atoms with Gasteiger partial charge in [-0.1, -0.05) is 13.8 Å². The van der Waals surface area contributed by atoms with Gasteiger partial charge in [-0.3, -0.25) is 14.6 Å². The lowest BCUT2D eigenvalue weighted by atomic mass is 10.0. The van der Waals surface area contributed by atoms with Crippen molar-refractivity contribution >= 4 is 5.91 Å². The molecule has 0 spiro atoms. The molecule has 7 heteroatoms. The van der Waals surface area contributed by atoms with E-state index in [4.69, 9.17) is 0 Å². The van der Waals surface area contributed by atoms with Crippen LogP contribution in [-0.2, 0) is 7.05 Å². The Morgan fingerprint density at radius 1 is 1.35 bits per heavy atom. The fraction of sp³-hybridized carbons (Fsp3) is 0.632. The Balaban J connectivity index is 1.61. The van der Waals surface area contributed by atoms with Gasteiger partial charge in [0.25, 0.3) is 5.91 Å². The lowest BCUT2D eigenvalue weighted by Crippen LogP contribution is -2.45. The molecule has 2 N–H and O–H groups in total. The molecule has 3 heterocycles. The summed E-state index contributed by atoms with van der Waals surface area (Å²) in [5.41, 5.74) is 4.22. The summed E-state index contributed by atoms with van der Waals surface area (Å²) in [5.74, 6) is 0.606. The zero-order valence-electron chi connectivity index (χ0n) is 16.5. The van der Waals surface area contributed by atoms with Crippen molar-refractivity contribution < 1.29 is 4.79 Å². The predicted molar refractivity (Wildman–Crippen MR) is 102 cm³/mol. The number of carbonyl (C=O) groups excluding carboxylic acids is 1. The number of H-pyrrole nitrogens is 1. The van der Waals surface area contributed by atoms with Gasteiger partial charge in [-0.25, -0.2) is 0 Å². The molecule has 1 aliphatic rings. The average Bonchev–Trinajstić information content (AvgIpc) is 3.14. The minimum atomic E-state index is -0.0785. The van der Waals surface area contributed by atoms with Crippen molar-refractivity contribution in [3.8, 4) is 11.3 Å². The molecule has 26 heavy (non-hydrogen) atoms. The second-order valence-electron chi connectivity index (χ2n) is 7.78. The largest absolute Gasteiger partial charge is 0.348 e. The molecular weight excluding hydrogens is 328 g/mol. The van der Waals surface area contributed by atoms with Crippen LogP contribution in [0.15, 0.2) is 6.07 Å². The molecule has 0 saturated carbocycles. The van der Waals surface area contributed by atoms with Crippen molar-refractivity contribution in [1.29, 1.82) is 0 Å². The van der Waals surface area contributed by atoms with Crippen molar-refractivity contribution in [2.45, 2.75) is 46.6 Å². The maximum absolute atomic E-state index is 12.6. The third-order valence-corrected chi connectivity index (χ3v) is 5.13. The van der Waals surface area contributed by atoms with Crippen LogP contribution in [0.2, 0.25) is 0 Å². The Labute approximate surface area is 155 Å². The molecule has 2 aromatic heterocycles. The molecule has 142 valence electrons. The molecule has 0 bridgehead atoms. The molecule has 1 aliphatic heterocycles. The van der Waals surface area contributed by atoms with Crippen LogP contribution in [0.3, 0.4) is 0 Å². The highest BCUT2D eigenvalue weighted by atomic mass is 16.2. The SMILES string of the molecule is Cc1nn(C)c(C)c1-c1cc(C(=O)NC2CCN(CC(C)C)CC2)[nH]n1. The first kappa shape index (κ1) is 18.6.